The van der Waals surface area contributed by atoms with Crippen molar-refractivity contribution in [1.82, 2.24) is 0 Å². The van der Waals surface area contributed by atoms with Crippen LogP contribution in [0.25, 0.3) is 10.8 Å². The summed E-state index contributed by atoms with van der Waals surface area (Å²) in [7, 11) is 0. The predicted octanol–water partition coefficient (Wildman–Crippen LogP) is 6.79. The van der Waals surface area contributed by atoms with Crippen LogP contribution in [0.15, 0.2) is 59.1 Å². The first-order valence-electron chi connectivity index (χ1n) is 6.38. The SMILES string of the molecule is ClCc1cccc(Cl)c1Oc1ccc2cc(Br)ccc2c1. The van der Waals surface area contributed by atoms with Crippen LogP contribution < -0.4 is 4.74 Å². The Morgan fingerprint density at radius 1 is 0.952 bits per heavy atom. The third-order valence-corrected chi connectivity index (χ3v) is 4.26. The Hall–Kier alpha value is -1.22. The Labute approximate surface area is 141 Å². The number of halogens is 3. The van der Waals surface area contributed by atoms with E-state index in [0.29, 0.717) is 16.7 Å². The monoisotopic (exact) mass is 380 g/mol. The Balaban J connectivity index is 2.00. The average Bonchev–Trinajstić information content (AvgIpc) is 2.49. The Morgan fingerprint density at radius 2 is 1.71 bits per heavy atom. The summed E-state index contributed by atoms with van der Waals surface area (Å²) in [5.74, 6) is 1.71. The summed E-state index contributed by atoms with van der Waals surface area (Å²) in [6.45, 7) is 0. The average molecular weight is 382 g/mol. The van der Waals surface area contributed by atoms with Gasteiger partial charge in [0.1, 0.15) is 11.5 Å². The summed E-state index contributed by atoms with van der Waals surface area (Å²) in [5.41, 5.74) is 0.875. The minimum atomic E-state index is 0.358. The third-order valence-electron chi connectivity index (χ3n) is 3.19. The number of ether oxygens (including phenoxy) is 1. The summed E-state index contributed by atoms with van der Waals surface area (Å²) < 4.78 is 7.00. The molecule has 0 heterocycles. The highest BCUT2D eigenvalue weighted by Gasteiger charge is 2.09. The van der Waals surface area contributed by atoms with Crippen LogP contribution in [0.1, 0.15) is 5.56 Å². The Bertz CT molecular complexity index is 802. The second kappa shape index (κ2) is 6.27. The highest BCUT2D eigenvalue weighted by atomic mass is 79.9. The van der Waals surface area contributed by atoms with Gasteiger partial charge < -0.3 is 4.74 Å². The molecule has 0 aliphatic carbocycles. The Kier molecular flexibility index (Phi) is 4.39. The standard InChI is InChI=1S/C17H11BrCl2O/c18-14-6-4-12-9-15(7-5-11(12)8-14)21-17-13(10-19)2-1-3-16(17)20/h1-9H,10H2. The van der Waals surface area contributed by atoms with E-state index in [1.165, 1.54) is 0 Å². The van der Waals surface area contributed by atoms with Gasteiger partial charge in [-0.05, 0) is 41.1 Å². The van der Waals surface area contributed by atoms with Crippen molar-refractivity contribution in [2.45, 2.75) is 5.88 Å². The largest absolute Gasteiger partial charge is 0.455 e. The van der Waals surface area contributed by atoms with Crippen molar-refractivity contribution >= 4 is 49.9 Å². The van der Waals surface area contributed by atoms with Crippen LogP contribution in [-0.2, 0) is 5.88 Å². The number of rotatable bonds is 3. The van der Waals surface area contributed by atoms with Gasteiger partial charge in [0.15, 0.2) is 0 Å². The van der Waals surface area contributed by atoms with Crippen molar-refractivity contribution < 1.29 is 4.74 Å². The number of hydrogen-bond donors (Lipinski definition) is 0. The lowest BCUT2D eigenvalue weighted by atomic mass is 10.1. The fourth-order valence-electron chi connectivity index (χ4n) is 2.15. The molecule has 0 spiro atoms. The minimum Gasteiger partial charge on any atom is -0.455 e. The van der Waals surface area contributed by atoms with E-state index in [1.54, 1.807) is 6.07 Å². The van der Waals surface area contributed by atoms with Crippen LogP contribution in [0, 0.1) is 0 Å². The first kappa shape index (κ1) is 14.7. The van der Waals surface area contributed by atoms with E-state index >= 15 is 0 Å². The van der Waals surface area contributed by atoms with Gasteiger partial charge in [-0.2, -0.15) is 0 Å². The molecule has 0 aliphatic heterocycles. The summed E-state index contributed by atoms with van der Waals surface area (Å²) in [5, 5.41) is 2.81. The van der Waals surface area contributed by atoms with Crippen molar-refractivity contribution in [2.75, 3.05) is 0 Å². The molecule has 4 heteroatoms. The second-order valence-electron chi connectivity index (χ2n) is 4.62. The molecule has 0 bridgehead atoms. The zero-order valence-electron chi connectivity index (χ0n) is 10.9. The van der Waals surface area contributed by atoms with Gasteiger partial charge >= 0.3 is 0 Å². The molecule has 0 amide bonds. The van der Waals surface area contributed by atoms with E-state index in [4.69, 9.17) is 27.9 Å². The van der Waals surface area contributed by atoms with E-state index < -0.39 is 0 Å². The van der Waals surface area contributed by atoms with Gasteiger partial charge in [0.25, 0.3) is 0 Å². The minimum absolute atomic E-state index is 0.358. The van der Waals surface area contributed by atoms with Gasteiger partial charge in [0, 0.05) is 10.0 Å². The molecular formula is C17H11BrCl2O. The first-order chi connectivity index (χ1) is 10.2. The number of fused-ring (bicyclic) bond motifs is 1. The van der Waals surface area contributed by atoms with Crippen LogP contribution in [0.4, 0.5) is 0 Å². The molecule has 0 aliphatic rings. The van der Waals surface area contributed by atoms with E-state index in [9.17, 15) is 0 Å². The molecule has 3 rings (SSSR count). The zero-order chi connectivity index (χ0) is 14.8. The molecule has 106 valence electrons. The quantitative estimate of drug-likeness (QED) is 0.454. The van der Waals surface area contributed by atoms with Crippen molar-refractivity contribution in [3.05, 3.63) is 69.7 Å². The van der Waals surface area contributed by atoms with Crippen molar-refractivity contribution in [3.8, 4) is 11.5 Å². The first-order valence-corrected chi connectivity index (χ1v) is 8.08. The molecule has 0 radical (unpaired) electrons. The summed E-state index contributed by atoms with van der Waals surface area (Å²) in [4.78, 5) is 0. The molecule has 3 aromatic carbocycles. The molecule has 0 unspecified atom stereocenters. The van der Waals surface area contributed by atoms with Crippen LogP contribution in [0.3, 0.4) is 0 Å². The van der Waals surface area contributed by atoms with Gasteiger partial charge in [-0.25, -0.2) is 0 Å². The maximum absolute atomic E-state index is 6.21. The van der Waals surface area contributed by atoms with E-state index in [1.807, 2.05) is 42.5 Å². The van der Waals surface area contributed by atoms with Crippen LogP contribution in [0.5, 0.6) is 11.5 Å². The lowest BCUT2D eigenvalue weighted by Gasteiger charge is -2.12. The lowest BCUT2D eigenvalue weighted by molar-refractivity contribution is 0.479. The van der Waals surface area contributed by atoms with E-state index in [2.05, 4.69) is 22.0 Å². The van der Waals surface area contributed by atoms with Gasteiger partial charge in [0.05, 0.1) is 10.9 Å². The van der Waals surface area contributed by atoms with E-state index in [0.717, 1.165) is 26.6 Å². The smallest absolute Gasteiger partial charge is 0.150 e. The molecular weight excluding hydrogens is 371 g/mol. The molecule has 0 atom stereocenters. The zero-order valence-corrected chi connectivity index (χ0v) is 14.0. The highest BCUT2D eigenvalue weighted by Crippen LogP contribution is 2.35. The maximum Gasteiger partial charge on any atom is 0.150 e. The number of benzene rings is 3. The number of hydrogen-bond acceptors (Lipinski definition) is 1. The Morgan fingerprint density at radius 3 is 2.52 bits per heavy atom. The molecule has 1 nitrogen and oxygen atoms in total. The van der Waals surface area contributed by atoms with Crippen LogP contribution >= 0.6 is 39.1 Å². The molecule has 3 aromatic rings. The van der Waals surface area contributed by atoms with Gasteiger partial charge in [-0.15, -0.1) is 11.6 Å². The van der Waals surface area contributed by atoms with Crippen molar-refractivity contribution in [3.63, 3.8) is 0 Å². The molecule has 0 aromatic heterocycles. The lowest BCUT2D eigenvalue weighted by Crippen LogP contribution is -1.90. The fourth-order valence-corrected chi connectivity index (χ4v) is 2.97. The van der Waals surface area contributed by atoms with Gasteiger partial charge in [0.2, 0.25) is 0 Å². The predicted molar refractivity (Wildman–Crippen MR) is 92.7 cm³/mol. The summed E-state index contributed by atoms with van der Waals surface area (Å²) >= 11 is 15.6. The molecule has 0 N–H and O–H groups in total. The fraction of sp³-hybridized carbons (Fsp3) is 0.0588. The van der Waals surface area contributed by atoms with Crippen molar-refractivity contribution in [1.29, 1.82) is 0 Å². The van der Waals surface area contributed by atoms with Crippen molar-refractivity contribution in [2.24, 2.45) is 0 Å². The molecule has 0 saturated carbocycles. The summed E-state index contributed by atoms with van der Waals surface area (Å²) in [6, 6.07) is 17.6. The highest BCUT2D eigenvalue weighted by molar-refractivity contribution is 9.10. The second-order valence-corrected chi connectivity index (χ2v) is 6.21. The molecule has 0 saturated heterocycles. The summed E-state index contributed by atoms with van der Waals surface area (Å²) in [6.07, 6.45) is 0. The third kappa shape index (κ3) is 3.18. The van der Waals surface area contributed by atoms with Crippen LogP contribution in [0.2, 0.25) is 5.02 Å². The molecule has 21 heavy (non-hydrogen) atoms. The molecule has 0 fully saturated rings. The van der Waals surface area contributed by atoms with Gasteiger partial charge in [-0.3, -0.25) is 0 Å². The maximum atomic E-state index is 6.21. The number of para-hydroxylation sites is 1. The number of alkyl halides is 1. The van der Waals surface area contributed by atoms with Crippen LogP contribution in [-0.4, -0.2) is 0 Å². The van der Waals surface area contributed by atoms with Gasteiger partial charge in [-0.1, -0.05) is 51.8 Å². The normalized spacial score (nSPS) is 10.8. The van der Waals surface area contributed by atoms with E-state index in [-0.39, 0.29) is 0 Å². The topological polar surface area (TPSA) is 9.23 Å².